The fourth-order valence-corrected chi connectivity index (χ4v) is 5.84. The van der Waals surface area contributed by atoms with Gasteiger partial charge in [-0.15, -0.1) is 0 Å². The topological polar surface area (TPSA) is 119 Å². The minimum absolute atomic E-state index is 0.0153. The Kier molecular flexibility index (Phi) is 7.61. The van der Waals surface area contributed by atoms with E-state index >= 15 is 0 Å². The predicted molar refractivity (Wildman–Crippen MR) is 137 cm³/mol. The third-order valence-corrected chi connectivity index (χ3v) is 8.37. The molecule has 1 saturated heterocycles. The number of sulfonamides is 1. The van der Waals surface area contributed by atoms with Gasteiger partial charge in [0.1, 0.15) is 11.8 Å². The van der Waals surface area contributed by atoms with Gasteiger partial charge in [0, 0.05) is 24.5 Å². The van der Waals surface area contributed by atoms with E-state index in [1.807, 2.05) is 12.1 Å². The van der Waals surface area contributed by atoms with Gasteiger partial charge in [0.2, 0.25) is 10.0 Å². The molecule has 1 fully saturated rings. The van der Waals surface area contributed by atoms with Crippen molar-refractivity contribution in [3.63, 3.8) is 0 Å². The number of morpholine rings is 1. The summed E-state index contributed by atoms with van der Waals surface area (Å²) in [7, 11) is -3.80. The minimum atomic E-state index is -3.80. The highest BCUT2D eigenvalue weighted by molar-refractivity contribution is 7.89. The van der Waals surface area contributed by atoms with Crippen LogP contribution in [-0.4, -0.2) is 68.2 Å². The van der Waals surface area contributed by atoms with E-state index in [0.717, 1.165) is 5.56 Å². The van der Waals surface area contributed by atoms with Gasteiger partial charge >= 0.3 is 5.97 Å². The highest BCUT2D eigenvalue weighted by Gasteiger charge is 2.35. The van der Waals surface area contributed by atoms with Crippen LogP contribution in [0.4, 0.5) is 0 Å². The number of carbonyl (C=O) groups excluding carboxylic acids is 2. The Balaban J connectivity index is 1.29. The molecule has 2 aliphatic rings. The zero-order valence-corrected chi connectivity index (χ0v) is 21.7. The molecule has 0 N–H and O–H groups in total. The van der Waals surface area contributed by atoms with Gasteiger partial charge in [0.15, 0.2) is 6.61 Å². The van der Waals surface area contributed by atoms with Crippen LogP contribution in [0.25, 0.3) is 0 Å². The molecule has 1 atom stereocenters. The first-order valence-electron chi connectivity index (χ1n) is 11.9. The fraction of sp³-hybridized carbons (Fsp3) is 0.269. The largest absolute Gasteiger partial charge is 0.467 e. The van der Waals surface area contributed by atoms with Gasteiger partial charge in [-0.1, -0.05) is 29.8 Å². The summed E-state index contributed by atoms with van der Waals surface area (Å²) in [5, 5.41) is 6.31. The normalized spacial score (nSPS) is 18.3. The summed E-state index contributed by atoms with van der Waals surface area (Å²) in [6.45, 7) is 0.489. The molecule has 10 nitrogen and oxygen atoms in total. The van der Waals surface area contributed by atoms with Gasteiger partial charge in [-0.3, -0.25) is 4.79 Å². The van der Waals surface area contributed by atoms with Crippen LogP contribution in [0, 0.1) is 0 Å². The zero-order chi connectivity index (χ0) is 26.7. The summed E-state index contributed by atoms with van der Waals surface area (Å²) in [6, 6.07) is 15.6. The Morgan fingerprint density at radius 3 is 2.53 bits per heavy atom. The van der Waals surface area contributed by atoms with Crippen LogP contribution in [-0.2, 0) is 24.3 Å². The maximum absolute atomic E-state index is 13.1. The molecule has 0 saturated carbocycles. The number of esters is 1. The second kappa shape index (κ2) is 11.1. The van der Waals surface area contributed by atoms with E-state index in [9.17, 15) is 18.0 Å². The Hall–Kier alpha value is -3.51. The fourth-order valence-electron chi connectivity index (χ4n) is 4.26. The molecule has 12 heteroatoms. The minimum Gasteiger partial charge on any atom is -0.467 e. The summed E-state index contributed by atoms with van der Waals surface area (Å²) in [5.41, 5.74) is 1.47. The number of rotatable bonds is 7. The number of halogens is 1. The molecule has 0 spiro atoms. The molecule has 0 bridgehead atoms. The molecular weight excluding hydrogens is 534 g/mol. The Bertz CT molecular complexity index is 1450. The van der Waals surface area contributed by atoms with Crippen LogP contribution >= 0.6 is 11.6 Å². The maximum Gasteiger partial charge on any atom is 0.338 e. The van der Waals surface area contributed by atoms with Crippen LogP contribution < -0.4 is 0 Å². The SMILES string of the molecule is O=C(OCC(=O)N1N=C(c2ccc(Cl)cc2)C[C@H]1c1ccco1)c1cccc(S(=O)(=O)N2CCOCC2)c1. The molecule has 3 heterocycles. The number of hydrogen-bond donors (Lipinski definition) is 0. The second-order valence-corrected chi connectivity index (χ2v) is 11.0. The first-order chi connectivity index (χ1) is 18.3. The number of hydrazone groups is 1. The van der Waals surface area contributed by atoms with Crippen LogP contribution in [0.2, 0.25) is 5.02 Å². The third kappa shape index (κ3) is 5.51. The lowest BCUT2D eigenvalue weighted by Crippen LogP contribution is -2.40. The van der Waals surface area contributed by atoms with Gasteiger partial charge in [-0.25, -0.2) is 18.2 Å². The van der Waals surface area contributed by atoms with Crippen molar-refractivity contribution in [1.29, 1.82) is 0 Å². The molecule has 38 heavy (non-hydrogen) atoms. The Morgan fingerprint density at radius 2 is 1.82 bits per heavy atom. The average Bonchev–Trinajstić information content (AvgIpc) is 3.63. The number of carbonyl (C=O) groups is 2. The monoisotopic (exact) mass is 557 g/mol. The molecular formula is C26H24ClN3O7S. The number of amides is 1. The van der Waals surface area contributed by atoms with Crippen molar-refractivity contribution in [3.05, 3.63) is 88.8 Å². The van der Waals surface area contributed by atoms with Crippen molar-refractivity contribution in [1.82, 2.24) is 9.31 Å². The van der Waals surface area contributed by atoms with Crippen LogP contribution in [0.3, 0.4) is 0 Å². The van der Waals surface area contributed by atoms with Crippen molar-refractivity contribution >= 4 is 39.2 Å². The lowest BCUT2D eigenvalue weighted by molar-refractivity contribution is -0.136. The first-order valence-corrected chi connectivity index (χ1v) is 13.7. The molecule has 3 aromatic rings. The van der Waals surface area contributed by atoms with E-state index in [4.69, 9.17) is 25.5 Å². The molecule has 1 amide bonds. The van der Waals surface area contributed by atoms with E-state index in [0.29, 0.717) is 36.1 Å². The number of furan rings is 1. The van der Waals surface area contributed by atoms with Crippen LogP contribution in [0.5, 0.6) is 0 Å². The highest BCUT2D eigenvalue weighted by Crippen LogP contribution is 2.33. The summed E-state index contributed by atoms with van der Waals surface area (Å²) in [4.78, 5) is 25.8. The molecule has 2 aliphatic heterocycles. The molecule has 0 aliphatic carbocycles. The van der Waals surface area contributed by atoms with Gasteiger partial charge in [-0.05, 0) is 48.0 Å². The number of nitrogens with zero attached hydrogens (tertiary/aromatic N) is 3. The lowest BCUT2D eigenvalue weighted by atomic mass is 10.0. The van der Waals surface area contributed by atoms with Crippen LogP contribution in [0.1, 0.15) is 34.1 Å². The quantitative estimate of drug-likeness (QED) is 0.408. The van der Waals surface area contributed by atoms with Crippen LogP contribution in [0.15, 0.2) is 81.3 Å². The molecule has 0 radical (unpaired) electrons. The molecule has 5 rings (SSSR count). The summed E-state index contributed by atoms with van der Waals surface area (Å²) in [6.07, 6.45) is 1.91. The van der Waals surface area contributed by atoms with E-state index in [-0.39, 0.29) is 23.5 Å². The van der Waals surface area contributed by atoms with Gasteiger partial charge in [0.05, 0.1) is 35.6 Å². The molecule has 0 unspecified atom stereocenters. The lowest BCUT2D eigenvalue weighted by Gasteiger charge is -2.26. The van der Waals surface area contributed by atoms with Gasteiger partial charge in [0.25, 0.3) is 5.91 Å². The number of ether oxygens (including phenoxy) is 2. The summed E-state index contributed by atoms with van der Waals surface area (Å²) in [5.74, 6) is -0.841. The Labute approximate surface area is 224 Å². The summed E-state index contributed by atoms with van der Waals surface area (Å²) >= 11 is 5.99. The van der Waals surface area contributed by atoms with E-state index in [1.54, 1.807) is 24.3 Å². The number of hydrogen-bond acceptors (Lipinski definition) is 8. The average molecular weight is 558 g/mol. The van der Waals surface area contributed by atoms with E-state index in [2.05, 4.69) is 5.10 Å². The molecule has 1 aromatic heterocycles. The predicted octanol–water partition coefficient (Wildman–Crippen LogP) is 3.49. The van der Waals surface area contributed by atoms with Gasteiger partial charge in [-0.2, -0.15) is 9.41 Å². The van der Waals surface area contributed by atoms with E-state index < -0.39 is 34.5 Å². The first kappa shape index (κ1) is 26.1. The Morgan fingerprint density at radius 1 is 1.05 bits per heavy atom. The standard InChI is InChI=1S/C26H24ClN3O7S/c27-20-8-6-18(7-9-20)22-16-23(24-5-2-12-36-24)30(28-22)25(31)17-37-26(32)19-3-1-4-21(15-19)38(33,34)29-10-13-35-14-11-29/h1-9,12,15,23H,10-11,13-14,16-17H2/t23-/m0/s1. The van der Waals surface area contributed by atoms with Crippen molar-refractivity contribution < 1.29 is 31.9 Å². The van der Waals surface area contributed by atoms with E-state index in [1.165, 1.54) is 39.8 Å². The highest BCUT2D eigenvalue weighted by atomic mass is 35.5. The van der Waals surface area contributed by atoms with Crippen molar-refractivity contribution in [2.45, 2.75) is 17.4 Å². The van der Waals surface area contributed by atoms with Crippen molar-refractivity contribution in [2.24, 2.45) is 5.10 Å². The van der Waals surface area contributed by atoms with Crippen molar-refractivity contribution in [3.8, 4) is 0 Å². The second-order valence-electron chi connectivity index (χ2n) is 8.65. The van der Waals surface area contributed by atoms with Gasteiger partial charge < -0.3 is 13.9 Å². The molecule has 198 valence electrons. The van der Waals surface area contributed by atoms with Crippen molar-refractivity contribution in [2.75, 3.05) is 32.9 Å². The number of benzene rings is 2. The summed E-state index contributed by atoms with van der Waals surface area (Å²) < 4.78 is 43.2. The smallest absolute Gasteiger partial charge is 0.338 e. The third-order valence-electron chi connectivity index (χ3n) is 6.22. The molecule has 2 aromatic carbocycles. The maximum atomic E-state index is 13.1. The zero-order valence-electron chi connectivity index (χ0n) is 20.2.